The van der Waals surface area contributed by atoms with Crippen molar-refractivity contribution in [2.45, 2.75) is 25.1 Å². The summed E-state index contributed by atoms with van der Waals surface area (Å²) in [6, 6.07) is 2.96. The molecule has 0 radical (unpaired) electrons. The molecular weight excluding hydrogens is 247 g/mol. The molecule has 0 spiro atoms. The van der Waals surface area contributed by atoms with Gasteiger partial charge in [0, 0.05) is 12.6 Å². The summed E-state index contributed by atoms with van der Waals surface area (Å²) in [5.41, 5.74) is 4.96. The third-order valence-electron chi connectivity index (χ3n) is 2.64. The molecule has 0 aliphatic rings. The molecule has 102 valence electrons. The first kappa shape index (κ1) is 14.8. The van der Waals surface area contributed by atoms with Crippen LogP contribution in [0.15, 0.2) is 18.2 Å². The van der Waals surface area contributed by atoms with E-state index in [9.17, 15) is 13.2 Å². The van der Waals surface area contributed by atoms with Crippen molar-refractivity contribution in [2.24, 2.45) is 5.73 Å². The fraction of sp³-hybridized carbons (Fsp3) is 0.500. The van der Waals surface area contributed by atoms with Gasteiger partial charge in [-0.2, -0.15) is 13.2 Å². The molecule has 0 amide bonds. The zero-order valence-corrected chi connectivity index (χ0v) is 10.00. The molecule has 3 nitrogen and oxygen atoms in total. The Morgan fingerprint density at radius 3 is 2.56 bits per heavy atom. The highest BCUT2D eigenvalue weighted by Gasteiger charge is 2.35. The lowest BCUT2D eigenvalue weighted by molar-refractivity contribution is -0.138. The molecule has 0 aliphatic heterocycles. The Kier molecular flexibility index (Phi) is 4.98. The van der Waals surface area contributed by atoms with E-state index >= 15 is 0 Å². The standard InChI is InChI=1S/C12H16F3NO2/c1-18-8-4-5-9(11(16)3-2-6-17)10(7-8)12(13,14)15/h4-5,7,11,17H,2-3,6,16H2,1H3/t11-/m1/s1. The minimum absolute atomic E-state index is 0.0248. The zero-order valence-electron chi connectivity index (χ0n) is 10.00. The van der Waals surface area contributed by atoms with Crippen LogP contribution >= 0.6 is 0 Å². The summed E-state index contributed by atoms with van der Waals surface area (Å²) in [5, 5.41) is 8.68. The summed E-state index contributed by atoms with van der Waals surface area (Å²) < 4.78 is 43.4. The van der Waals surface area contributed by atoms with E-state index in [-0.39, 0.29) is 17.9 Å². The number of aliphatic hydroxyl groups is 1. The second-order valence-electron chi connectivity index (χ2n) is 3.92. The molecule has 0 aromatic heterocycles. The van der Waals surface area contributed by atoms with Crippen molar-refractivity contribution >= 4 is 0 Å². The average Bonchev–Trinajstić information content (AvgIpc) is 2.34. The van der Waals surface area contributed by atoms with E-state index in [4.69, 9.17) is 15.6 Å². The number of benzene rings is 1. The van der Waals surface area contributed by atoms with E-state index in [0.29, 0.717) is 12.8 Å². The van der Waals surface area contributed by atoms with E-state index in [1.165, 1.54) is 19.2 Å². The predicted molar refractivity (Wildman–Crippen MR) is 61.2 cm³/mol. The van der Waals surface area contributed by atoms with Gasteiger partial charge in [0.05, 0.1) is 12.7 Å². The zero-order chi connectivity index (χ0) is 13.8. The molecule has 1 atom stereocenters. The van der Waals surface area contributed by atoms with E-state index in [0.717, 1.165) is 6.07 Å². The van der Waals surface area contributed by atoms with Crippen LogP contribution in [0, 0.1) is 0 Å². The van der Waals surface area contributed by atoms with Crippen LogP contribution in [0.25, 0.3) is 0 Å². The van der Waals surface area contributed by atoms with Crippen molar-refractivity contribution in [3.63, 3.8) is 0 Å². The van der Waals surface area contributed by atoms with Gasteiger partial charge in [-0.15, -0.1) is 0 Å². The molecule has 0 aliphatic carbocycles. The second kappa shape index (κ2) is 6.06. The number of halogens is 3. The summed E-state index contributed by atoms with van der Waals surface area (Å²) in [5.74, 6) is 0.139. The number of nitrogens with two attached hydrogens (primary N) is 1. The lowest BCUT2D eigenvalue weighted by Gasteiger charge is -2.19. The topological polar surface area (TPSA) is 55.5 Å². The Labute approximate surface area is 103 Å². The minimum Gasteiger partial charge on any atom is -0.497 e. The van der Waals surface area contributed by atoms with Crippen molar-refractivity contribution in [1.29, 1.82) is 0 Å². The number of hydrogen-bond donors (Lipinski definition) is 2. The van der Waals surface area contributed by atoms with E-state index in [1.54, 1.807) is 0 Å². The molecule has 0 fully saturated rings. The SMILES string of the molecule is COc1ccc([C@H](N)CCCO)c(C(F)(F)F)c1. The number of rotatable bonds is 5. The lowest BCUT2D eigenvalue weighted by Crippen LogP contribution is -2.18. The third-order valence-corrected chi connectivity index (χ3v) is 2.64. The Hall–Kier alpha value is -1.27. The Morgan fingerprint density at radius 2 is 2.06 bits per heavy atom. The van der Waals surface area contributed by atoms with Crippen molar-refractivity contribution in [3.8, 4) is 5.75 Å². The molecule has 0 saturated carbocycles. The fourth-order valence-corrected chi connectivity index (χ4v) is 1.70. The smallest absolute Gasteiger partial charge is 0.416 e. The Bertz CT molecular complexity index is 393. The quantitative estimate of drug-likeness (QED) is 0.858. The summed E-state index contributed by atoms with van der Waals surface area (Å²) in [6.07, 6.45) is -3.81. The van der Waals surface area contributed by atoms with Crippen LogP contribution in [0.3, 0.4) is 0 Å². The fourth-order valence-electron chi connectivity index (χ4n) is 1.70. The number of methoxy groups -OCH3 is 1. The first-order valence-corrected chi connectivity index (χ1v) is 5.51. The van der Waals surface area contributed by atoms with Crippen molar-refractivity contribution in [3.05, 3.63) is 29.3 Å². The summed E-state index contributed by atoms with van der Waals surface area (Å²) in [6.45, 7) is -0.0921. The van der Waals surface area contributed by atoms with Crippen LogP contribution in [0.1, 0.15) is 30.0 Å². The van der Waals surface area contributed by atoms with Gasteiger partial charge in [0.25, 0.3) is 0 Å². The molecule has 1 rings (SSSR count). The van der Waals surface area contributed by atoms with Gasteiger partial charge in [0.1, 0.15) is 5.75 Å². The largest absolute Gasteiger partial charge is 0.497 e. The maximum absolute atomic E-state index is 12.9. The van der Waals surface area contributed by atoms with Gasteiger partial charge in [-0.3, -0.25) is 0 Å². The molecule has 1 aromatic rings. The first-order chi connectivity index (χ1) is 8.40. The van der Waals surface area contributed by atoms with Gasteiger partial charge in [-0.05, 0) is 30.5 Å². The summed E-state index contributed by atoms with van der Waals surface area (Å²) in [4.78, 5) is 0. The first-order valence-electron chi connectivity index (χ1n) is 5.51. The predicted octanol–water partition coefficient (Wildman–Crippen LogP) is 2.49. The van der Waals surface area contributed by atoms with Crippen LogP contribution in [-0.4, -0.2) is 18.8 Å². The van der Waals surface area contributed by atoms with Crippen LogP contribution < -0.4 is 10.5 Å². The van der Waals surface area contributed by atoms with Crippen LogP contribution in [0.2, 0.25) is 0 Å². The molecule has 0 saturated heterocycles. The minimum atomic E-state index is -4.47. The van der Waals surface area contributed by atoms with Gasteiger partial charge in [-0.25, -0.2) is 0 Å². The number of alkyl halides is 3. The Morgan fingerprint density at radius 1 is 1.39 bits per heavy atom. The van der Waals surface area contributed by atoms with Crippen LogP contribution in [0.5, 0.6) is 5.75 Å². The molecule has 6 heteroatoms. The van der Waals surface area contributed by atoms with Crippen molar-refractivity contribution in [1.82, 2.24) is 0 Å². The van der Waals surface area contributed by atoms with Gasteiger partial charge >= 0.3 is 6.18 Å². The van der Waals surface area contributed by atoms with E-state index < -0.39 is 17.8 Å². The summed E-state index contributed by atoms with van der Waals surface area (Å²) >= 11 is 0. The monoisotopic (exact) mass is 263 g/mol. The lowest BCUT2D eigenvalue weighted by atomic mass is 9.97. The van der Waals surface area contributed by atoms with Gasteiger partial charge in [0.2, 0.25) is 0 Å². The second-order valence-corrected chi connectivity index (χ2v) is 3.92. The van der Waals surface area contributed by atoms with Gasteiger partial charge in [0.15, 0.2) is 0 Å². The summed E-state index contributed by atoms with van der Waals surface area (Å²) in [7, 11) is 1.31. The van der Waals surface area contributed by atoms with E-state index in [2.05, 4.69) is 0 Å². The van der Waals surface area contributed by atoms with Crippen molar-refractivity contribution in [2.75, 3.05) is 13.7 Å². The average molecular weight is 263 g/mol. The third kappa shape index (κ3) is 3.61. The highest BCUT2D eigenvalue weighted by molar-refractivity contribution is 5.39. The number of ether oxygens (including phenoxy) is 1. The molecule has 0 unspecified atom stereocenters. The Balaban J connectivity index is 3.10. The van der Waals surface area contributed by atoms with Crippen LogP contribution in [0.4, 0.5) is 13.2 Å². The highest BCUT2D eigenvalue weighted by atomic mass is 19.4. The van der Waals surface area contributed by atoms with Gasteiger partial charge < -0.3 is 15.6 Å². The maximum Gasteiger partial charge on any atom is 0.416 e. The molecule has 18 heavy (non-hydrogen) atoms. The normalized spacial score (nSPS) is 13.4. The van der Waals surface area contributed by atoms with Crippen molar-refractivity contribution < 1.29 is 23.0 Å². The van der Waals surface area contributed by atoms with E-state index in [1.807, 2.05) is 0 Å². The molecule has 0 bridgehead atoms. The number of aliphatic hydroxyl groups excluding tert-OH is 1. The van der Waals surface area contributed by atoms with Gasteiger partial charge in [-0.1, -0.05) is 6.07 Å². The molecule has 0 heterocycles. The maximum atomic E-state index is 12.9. The number of hydrogen-bond acceptors (Lipinski definition) is 3. The molecular formula is C12H16F3NO2. The molecule has 1 aromatic carbocycles. The highest BCUT2D eigenvalue weighted by Crippen LogP contribution is 2.37. The molecule has 3 N–H and O–H groups in total. The van der Waals surface area contributed by atoms with Crippen LogP contribution in [-0.2, 0) is 6.18 Å².